The van der Waals surface area contributed by atoms with Crippen LogP contribution >= 0.6 is 0 Å². The summed E-state index contributed by atoms with van der Waals surface area (Å²) in [7, 11) is 0. The zero-order valence-corrected chi connectivity index (χ0v) is 9.89. The number of hydrogen-bond acceptors (Lipinski definition) is 2. The molecular formula is C13H24O2. The van der Waals surface area contributed by atoms with Crippen LogP contribution in [0.1, 0.15) is 46.0 Å². The Morgan fingerprint density at radius 1 is 1.07 bits per heavy atom. The number of rotatable bonds is 1. The maximum Gasteiger partial charge on any atom is 0.0626 e. The quantitative estimate of drug-likeness (QED) is 0.699. The van der Waals surface area contributed by atoms with Gasteiger partial charge in [0.1, 0.15) is 0 Å². The molecule has 88 valence electrons. The summed E-state index contributed by atoms with van der Waals surface area (Å²) in [5.41, 5.74) is 0. The highest BCUT2D eigenvalue weighted by Gasteiger charge is 2.46. The highest BCUT2D eigenvalue weighted by atomic mass is 16.3. The minimum absolute atomic E-state index is 0.167. The van der Waals surface area contributed by atoms with Crippen molar-refractivity contribution in [3.8, 4) is 0 Å². The van der Waals surface area contributed by atoms with Crippen molar-refractivity contribution in [2.45, 2.75) is 58.2 Å². The largest absolute Gasteiger partial charge is 0.393 e. The lowest BCUT2D eigenvalue weighted by atomic mass is 9.87. The molecule has 0 saturated heterocycles. The van der Waals surface area contributed by atoms with Crippen LogP contribution in [0.4, 0.5) is 0 Å². The molecule has 5 unspecified atom stereocenters. The molecule has 2 aliphatic rings. The second kappa shape index (κ2) is 4.42. The minimum Gasteiger partial charge on any atom is -0.393 e. The van der Waals surface area contributed by atoms with Crippen molar-refractivity contribution in [1.29, 1.82) is 0 Å². The second-order valence-electron chi connectivity index (χ2n) is 5.82. The first-order valence-electron chi connectivity index (χ1n) is 6.47. The fourth-order valence-electron chi connectivity index (χ4n) is 3.68. The van der Waals surface area contributed by atoms with E-state index in [1.807, 2.05) is 0 Å². The Bertz CT molecular complexity index is 213. The van der Waals surface area contributed by atoms with E-state index in [9.17, 15) is 10.2 Å². The normalized spacial score (nSPS) is 46.6. The maximum atomic E-state index is 10.3. The maximum absolute atomic E-state index is 10.3. The molecule has 0 spiro atoms. The Balaban J connectivity index is 2.12. The van der Waals surface area contributed by atoms with Crippen molar-refractivity contribution in [2.75, 3.05) is 0 Å². The standard InChI is InChI=1S/C13H24O2/c1-8(2)10-7-9-5-3-4-6-11(14)12(9)13(10)15/h8-15H,3-7H2,1-2H3. The minimum atomic E-state index is -0.261. The topological polar surface area (TPSA) is 40.5 Å². The first-order valence-corrected chi connectivity index (χ1v) is 6.47. The molecule has 0 aliphatic heterocycles. The molecule has 0 amide bonds. The lowest BCUT2D eigenvalue weighted by Crippen LogP contribution is -2.33. The highest BCUT2D eigenvalue weighted by molar-refractivity contribution is 4.96. The van der Waals surface area contributed by atoms with Gasteiger partial charge in [-0.2, -0.15) is 0 Å². The van der Waals surface area contributed by atoms with Gasteiger partial charge in [0, 0.05) is 5.92 Å². The molecule has 2 saturated carbocycles. The Hall–Kier alpha value is -0.0800. The van der Waals surface area contributed by atoms with Crippen LogP contribution in [0.2, 0.25) is 0 Å². The molecule has 2 nitrogen and oxygen atoms in total. The van der Waals surface area contributed by atoms with E-state index < -0.39 is 0 Å². The fourth-order valence-corrected chi connectivity index (χ4v) is 3.68. The van der Waals surface area contributed by atoms with Gasteiger partial charge in [-0.25, -0.2) is 0 Å². The lowest BCUT2D eigenvalue weighted by Gasteiger charge is -2.26. The van der Waals surface area contributed by atoms with E-state index in [-0.39, 0.29) is 18.1 Å². The average molecular weight is 212 g/mol. The van der Waals surface area contributed by atoms with Crippen LogP contribution in [0.3, 0.4) is 0 Å². The molecule has 2 fully saturated rings. The van der Waals surface area contributed by atoms with Gasteiger partial charge in [-0.15, -0.1) is 0 Å². The molecule has 0 aromatic carbocycles. The monoisotopic (exact) mass is 212 g/mol. The van der Waals surface area contributed by atoms with Crippen LogP contribution in [0.15, 0.2) is 0 Å². The van der Waals surface area contributed by atoms with E-state index in [0.717, 1.165) is 19.3 Å². The predicted molar refractivity (Wildman–Crippen MR) is 60.4 cm³/mol. The van der Waals surface area contributed by atoms with E-state index in [4.69, 9.17) is 0 Å². The smallest absolute Gasteiger partial charge is 0.0626 e. The van der Waals surface area contributed by atoms with Gasteiger partial charge in [-0.3, -0.25) is 0 Å². The summed E-state index contributed by atoms with van der Waals surface area (Å²) >= 11 is 0. The second-order valence-corrected chi connectivity index (χ2v) is 5.82. The summed E-state index contributed by atoms with van der Waals surface area (Å²) in [6.07, 6.45) is 5.08. The first kappa shape index (κ1) is 11.4. The molecule has 15 heavy (non-hydrogen) atoms. The molecule has 0 heterocycles. The fraction of sp³-hybridized carbons (Fsp3) is 1.00. The first-order chi connectivity index (χ1) is 7.11. The molecule has 0 aromatic heterocycles. The van der Waals surface area contributed by atoms with Gasteiger partial charge in [-0.05, 0) is 37.0 Å². The summed E-state index contributed by atoms with van der Waals surface area (Å²) in [6, 6.07) is 0. The third kappa shape index (κ3) is 2.07. The number of fused-ring (bicyclic) bond motifs is 1. The molecule has 5 atom stereocenters. The molecular weight excluding hydrogens is 188 g/mol. The van der Waals surface area contributed by atoms with E-state index in [1.165, 1.54) is 12.8 Å². The molecule has 2 N–H and O–H groups in total. The van der Waals surface area contributed by atoms with Crippen molar-refractivity contribution in [1.82, 2.24) is 0 Å². The van der Waals surface area contributed by atoms with Gasteiger partial charge < -0.3 is 10.2 Å². The third-order valence-electron chi connectivity index (χ3n) is 4.58. The van der Waals surface area contributed by atoms with Crippen molar-refractivity contribution in [2.24, 2.45) is 23.7 Å². The van der Waals surface area contributed by atoms with Gasteiger partial charge >= 0.3 is 0 Å². The highest BCUT2D eigenvalue weighted by Crippen LogP contribution is 2.46. The van der Waals surface area contributed by atoms with Crippen LogP contribution in [0, 0.1) is 23.7 Å². The van der Waals surface area contributed by atoms with E-state index in [1.54, 1.807) is 0 Å². The summed E-state index contributed by atoms with van der Waals surface area (Å²) in [4.78, 5) is 0. The van der Waals surface area contributed by atoms with E-state index >= 15 is 0 Å². The van der Waals surface area contributed by atoms with E-state index in [0.29, 0.717) is 17.8 Å². The molecule has 2 rings (SSSR count). The van der Waals surface area contributed by atoms with Gasteiger partial charge in [0.25, 0.3) is 0 Å². The molecule has 0 aromatic rings. The summed E-state index contributed by atoms with van der Waals surface area (Å²) < 4.78 is 0. The van der Waals surface area contributed by atoms with Crippen molar-refractivity contribution in [3.63, 3.8) is 0 Å². The molecule has 0 radical (unpaired) electrons. The third-order valence-corrected chi connectivity index (χ3v) is 4.58. The van der Waals surface area contributed by atoms with Gasteiger partial charge in [0.05, 0.1) is 12.2 Å². The zero-order valence-electron chi connectivity index (χ0n) is 9.89. The number of aliphatic hydroxyl groups is 2. The summed E-state index contributed by atoms with van der Waals surface area (Å²) in [6.45, 7) is 4.37. The Morgan fingerprint density at radius 3 is 2.40 bits per heavy atom. The van der Waals surface area contributed by atoms with Crippen LogP contribution in [-0.2, 0) is 0 Å². The summed E-state index contributed by atoms with van der Waals surface area (Å²) in [5, 5.41) is 20.4. The van der Waals surface area contributed by atoms with Gasteiger partial charge in [0.15, 0.2) is 0 Å². The lowest BCUT2D eigenvalue weighted by molar-refractivity contribution is -0.00677. The van der Waals surface area contributed by atoms with Crippen LogP contribution in [-0.4, -0.2) is 22.4 Å². The van der Waals surface area contributed by atoms with Crippen molar-refractivity contribution in [3.05, 3.63) is 0 Å². The van der Waals surface area contributed by atoms with Crippen molar-refractivity contribution >= 4 is 0 Å². The van der Waals surface area contributed by atoms with Crippen LogP contribution in [0.25, 0.3) is 0 Å². The number of aliphatic hydroxyl groups excluding tert-OH is 2. The van der Waals surface area contributed by atoms with Gasteiger partial charge in [0.2, 0.25) is 0 Å². The average Bonchev–Trinajstić information content (AvgIpc) is 2.38. The van der Waals surface area contributed by atoms with Crippen LogP contribution in [0.5, 0.6) is 0 Å². The molecule has 2 aliphatic carbocycles. The van der Waals surface area contributed by atoms with Gasteiger partial charge in [-0.1, -0.05) is 26.7 Å². The predicted octanol–water partition coefficient (Wildman–Crippen LogP) is 2.19. The van der Waals surface area contributed by atoms with Crippen molar-refractivity contribution < 1.29 is 10.2 Å². The van der Waals surface area contributed by atoms with E-state index in [2.05, 4.69) is 13.8 Å². The SMILES string of the molecule is CC(C)C1CC2CCCCC(O)C2C1O. The van der Waals surface area contributed by atoms with Crippen LogP contribution < -0.4 is 0 Å². The Morgan fingerprint density at radius 2 is 1.73 bits per heavy atom. The Labute approximate surface area is 92.7 Å². The molecule has 2 heteroatoms. The number of hydrogen-bond donors (Lipinski definition) is 2. The zero-order chi connectivity index (χ0) is 11.0. The molecule has 0 bridgehead atoms. The summed E-state index contributed by atoms with van der Waals surface area (Å²) in [5.74, 6) is 1.69. The Kier molecular flexibility index (Phi) is 3.36.